The summed E-state index contributed by atoms with van der Waals surface area (Å²) in [5.74, 6) is 1.67. The molecule has 1 aromatic carbocycles. The minimum absolute atomic E-state index is 0.592. The molecule has 0 amide bonds. The molecule has 0 unspecified atom stereocenters. The molecule has 3 rings (SSSR count). The minimum atomic E-state index is 0.592. The average Bonchev–Trinajstić information content (AvgIpc) is 2.97. The predicted octanol–water partition coefficient (Wildman–Crippen LogP) is 3.91. The van der Waals surface area contributed by atoms with Crippen molar-refractivity contribution in [2.45, 2.75) is 13.1 Å². The van der Waals surface area contributed by atoms with Crippen LogP contribution in [0.1, 0.15) is 11.3 Å². The number of nitrogens with two attached hydrogens (primary N) is 1. The van der Waals surface area contributed by atoms with Crippen molar-refractivity contribution < 1.29 is 9.73 Å². The molecule has 0 aliphatic carbocycles. The maximum Gasteiger partial charge on any atom is 0.158 e. The molecule has 0 fully saturated rings. The fourth-order valence-corrected chi connectivity index (χ4v) is 2.72. The van der Waals surface area contributed by atoms with Crippen molar-refractivity contribution in [3.05, 3.63) is 76.2 Å². The molecule has 0 aliphatic rings. The van der Waals surface area contributed by atoms with E-state index in [-0.39, 0.29) is 0 Å². The van der Waals surface area contributed by atoms with Gasteiger partial charge in [0.2, 0.25) is 0 Å². The number of quaternary nitrogens is 1. The van der Waals surface area contributed by atoms with Crippen molar-refractivity contribution in [1.29, 1.82) is 0 Å². The molecular weight excluding hydrogens is 319 g/mol. The van der Waals surface area contributed by atoms with Crippen LogP contribution < -0.4 is 5.32 Å². The van der Waals surface area contributed by atoms with Crippen molar-refractivity contribution in [1.82, 2.24) is 4.98 Å². The lowest BCUT2D eigenvalue weighted by Gasteiger charge is -2.02. The first kappa shape index (κ1) is 15.1. The van der Waals surface area contributed by atoms with E-state index in [1.54, 1.807) is 24.5 Å². The van der Waals surface area contributed by atoms with E-state index >= 15 is 0 Å². The summed E-state index contributed by atoms with van der Waals surface area (Å²) in [6.45, 7) is 1.66. The summed E-state index contributed by atoms with van der Waals surface area (Å²) in [5, 5.41) is 3.39. The first-order valence-electron chi connectivity index (χ1n) is 6.97. The van der Waals surface area contributed by atoms with E-state index < -0.39 is 0 Å². The lowest BCUT2D eigenvalue weighted by Crippen LogP contribution is -2.80. The second-order valence-corrected chi connectivity index (χ2v) is 5.79. The highest BCUT2D eigenvalue weighted by Gasteiger charge is 2.10. The van der Waals surface area contributed by atoms with E-state index in [1.807, 2.05) is 30.3 Å². The standard InChI is InChI=1S/C17H14Cl2N2O/c18-13-1-3-15(16(19)9-13)17-4-2-14(22-17)11-21-10-12-5-7-20-8-6-12/h1-9,21H,10-11H2/p+1. The third-order valence-electron chi connectivity index (χ3n) is 3.33. The van der Waals surface area contributed by atoms with Crippen LogP contribution in [0.15, 0.2) is 59.3 Å². The summed E-state index contributed by atoms with van der Waals surface area (Å²) in [6.07, 6.45) is 3.60. The number of pyridine rings is 1. The summed E-state index contributed by atoms with van der Waals surface area (Å²) in [7, 11) is 0. The van der Waals surface area contributed by atoms with Gasteiger partial charge in [0.05, 0.1) is 5.02 Å². The van der Waals surface area contributed by atoms with Gasteiger partial charge in [0.1, 0.15) is 18.8 Å². The molecule has 0 atom stereocenters. The van der Waals surface area contributed by atoms with Crippen LogP contribution in [0.5, 0.6) is 0 Å². The van der Waals surface area contributed by atoms with Gasteiger partial charge in [0, 0.05) is 28.5 Å². The van der Waals surface area contributed by atoms with E-state index in [4.69, 9.17) is 27.6 Å². The normalized spacial score (nSPS) is 10.8. The maximum atomic E-state index is 6.20. The van der Waals surface area contributed by atoms with Gasteiger partial charge in [-0.05, 0) is 42.5 Å². The highest BCUT2D eigenvalue weighted by Crippen LogP contribution is 2.31. The SMILES string of the molecule is Clc1ccc(-c2ccc(C[NH2+]Cc3ccncc3)o2)c(Cl)c1. The first-order valence-corrected chi connectivity index (χ1v) is 7.72. The van der Waals surface area contributed by atoms with Crippen LogP contribution in [0.25, 0.3) is 11.3 Å². The molecule has 3 nitrogen and oxygen atoms in total. The largest absolute Gasteiger partial charge is 0.455 e. The Hall–Kier alpha value is -1.81. The topological polar surface area (TPSA) is 42.6 Å². The van der Waals surface area contributed by atoms with Gasteiger partial charge in [-0.15, -0.1) is 0 Å². The monoisotopic (exact) mass is 333 g/mol. The Balaban J connectivity index is 1.64. The van der Waals surface area contributed by atoms with Crippen LogP contribution in [-0.2, 0) is 13.1 Å². The van der Waals surface area contributed by atoms with Gasteiger partial charge in [-0.25, -0.2) is 0 Å². The van der Waals surface area contributed by atoms with E-state index in [0.717, 1.165) is 30.2 Å². The van der Waals surface area contributed by atoms with Crippen molar-refractivity contribution >= 4 is 23.2 Å². The molecule has 0 aliphatic heterocycles. The van der Waals surface area contributed by atoms with Gasteiger partial charge < -0.3 is 9.73 Å². The van der Waals surface area contributed by atoms with Crippen LogP contribution in [-0.4, -0.2) is 4.98 Å². The number of nitrogens with zero attached hydrogens (tertiary/aromatic N) is 1. The third kappa shape index (κ3) is 3.69. The number of furan rings is 1. The quantitative estimate of drug-likeness (QED) is 0.769. The Labute approximate surface area is 138 Å². The van der Waals surface area contributed by atoms with Gasteiger partial charge in [-0.3, -0.25) is 4.98 Å². The summed E-state index contributed by atoms with van der Waals surface area (Å²) in [4.78, 5) is 4.01. The van der Waals surface area contributed by atoms with Crippen molar-refractivity contribution in [2.24, 2.45) is 0 Å². The number of aromatic nitrogens is 1. The predicted molar refractivity (Wildman–Crippen MR) is 87.7 cm³/mol. The van der Waals surface area contributed by atoms with Gasteiger partial charge >= 0.3 is 0 Å². The minimum Gasteiger partial charge on any atom is -0.455 e. The van der Waals surface area contributed by atoms with Crippen molar-refractivity contribution in [3.63, 3.8) is 0 Å². The zero-order chi connectivity index (χ0) is 15.4. The zero-order valence-corrected chi connectivity index (χ0v) is 13.3. The van der Waals surface area contributed by atoms with E-state index in [9.17, 15) is 0 Å². The molecule has 22 heavy (non-hydrogen) atoms. The number of rotatable bonds is 5. The molecule has 0 spiro atoms. The lowest BCUT2D eigenvalue weighted by molar-refractivity contribution is -0.687. The Kier molecular flexibility index (Phi) is 4.78. The summed E-state index contributed by atoms with van der Waals surface area (Å²) >= 11 is 12.1. The molecule has 0 saturated carbocycles. The second kappa shape index (κ2) is 6.97. The van der Waals surface area contributed by atoms with Crippen molar-refractivity contribution in [3.8, 4) is 11.3 Å². The molecule has 3 aromatic rings. The van der Waals surface area contributed by atoms with Crippen LogP contribution >= 0.6 is 23.2 Å². The fourth-order valence-electron chi connectivity index (χ4n) is 2.22. The maximum absolute atomic E-state index is 6.20. The number of hydrogen-bond donors (Lipinski definition) is 1. The number of benzene rings is 1. The molecule has 2 aromatic heterocycles. The Morgan fingerprint density at radius 3 is 2.55 bits per heavy atom. The second-order valence-electron chi connectivity index (χ2n) is 4.94. The van der Waals surface area contributed by atoms with Gasteiger partial charge in [-0.1, -0.05) is 23.2 Å². The number of hydrogen-bond acceptors (Lipinski definition) is 2. The van der Waals surface area contributed by atoms with Gasteiger partial charge in [0.15, 0.2) is 5.76 Å². The Morgan fingerprint density at radius 2 is 1.77 bits per heavy atom. The molecule has 5 heteroatoms. The van der Waals surface area contributed by atoms with Crippen LogP contribution in [0.3, 0.4) is 0 Å². The molecule has 0 saturated heterocycles. The van der Waals surface area contributed by atoms with Crippen LogP contribution in [0.2, 0.25) is 10.0 Å². The highest BCUT2D eigenvalue weighted by molar-refractivity contribution is 6.36. The summed E-state index contributed by atoms with van der Waals surface area (Å²) < 4.78 is 5.86. The highest BCUT2D eigenvalue weighted by atomic mass is 35.5. The summed E-state index contributed by atoms with van der Waals surface area (Å²) in [5.41, 5.74) is 2.09. The lowest BCUT2D eigenvalue weighted by atomic mass is 10.2. The molecule has 0 radical (unpaired) electrons. The Bertz CT molecular complexity index is 756. The summed E-state index contributed by atoms with van der Waals surface area (Å²) in [6, 6.07) is 13.3. The van der Waals surface area contributed by atoms with Crippen molar-refractivity contribution in [2.75, 3.05) is 0 Å². The fraction of sp³-hybridized carbons (Fsp3) is 0.118. The first-order chi connectivity index (χ1) is 10.7. The smallest absolute Gasteiger partial charge is 0.158 e. The molecule has 2 N–H and O–H groups in total. The molecular formula is C17H15Cl2N2O+. The third-order valence-corrected chi connectivity index (χ3v) is 3.88. The Morgan fingerprint density at radius 1 is 0.955 bits per heavy atom. The number of halogens is 2. The van der Waals surface area contributed by atoms with Gasteiger partial charge in [-0.2, -0.15) is 0 Å². The molecule has 112 valence electrons. The average molecular weight is 334 g/mol. The van der Waals surface area contributed by atoms with Crippen LogP contribution in [0, 0.1) is 0 Å². The van der Waals surface area contributed by atoms with E-state index in [0.29, 0.717) is 10.0 Å². The molecule has 2 heterocycles. The zero-order valence-electron chi connectivity index (χ0n) is 11.8. The van der Waals surface area contributed by atoms with E-state index in [2.05, 4.69) is 10.3 Å². The van der Waals surface area contributed by atoms with E-state index in [1.165, 1.54) is 5.56 Å². The molecule has 0 bridgehead atoms. The van der Waals surface area contributed by atoms with Crippen LogP contribution in [0.4, 0.5) is 0 Å². The van der Waals surface area contributed by atoms with Gasteiger partial charge in [0.25, 0.3) is 0 Å².